The van der Waals surface area contributed by atoms with Crippen molar-refractivity contribution in [2.75, 3.05) is 5.32 Å². The molecule has 1 amide bonds. The van der Waals surface area contributed by atoms with Gasteiger partial charge in [-0.1, -0.05) is 77.4 Å². The molecule has 0 bridgehead atoms. The van der Waals surface area contributed by atoms with E-state index < -0.39 is 5.25 Å². The summed E-state index contributed by atoms with van der Waals surface area (Å²) in [6.07, 6.45) is 1.77. The minimum absolute atomic E-state index is 0.205. The Labute approximate surface area is 177 Å². The molecule has 0 saturated carbocycles. The second kappa shape index (κ2) is 9.28. The number of nitrogens with zero attached hydrogens (tertiary/aromatic N) is 3. The maximum Gasteiger partial charge on any atom is 0.237 e. The van der Waals surface area contributed by atoms with Crippen LogP contribution in [0, 0.1) is 0 Å². The van der Waals surface area contributed by atoms with Gasteiger partial charge in [-0.2, -0.15) is 0 Å². The van der Waals surface area contributed by atoms with Crippen LogP contribution in [0.3, 0.4) is 0 Å². The van der Waals surface area contributed by atoms with Gasteiger partial charge >= 0.3 is 0 Å². The normalized spacial score (nSPS) is 11.8. The largest absolute Gasteiger partial charge is 0.324 e. The highest BCUT2D eigenvalue weighted by atomic mass is 35.5. The second-order valence-corrected chi connectivity index (χ2v) is 8.02. The number of amides is 1. The zero-order chi connectivity index (χ0) is 20.1. The van der Waals surface area contributed by atoms with Crippen LogP contribution in [0.4, 0.5) is 5.69 Å². The van der Waals surface area contributed by atoms with Gasteiger partial charge in [0.15, 0.2) is 11.0 Å². The third-order valence-corrected chi connectivity index (χ3v) is 5.82. The van der Waals surface area contributed by atoms with E-state index in [1.54, 1.807) is 31.2 Å². The van der Waals surface area contributed by atoms with E-state index >= 15 is 0 Å². The van der Waals surface area contributed by atoms with Crippen LogP contribution in [0.25, 0.3) is 11.4 Å². The second-order valence-electron chi connectivity index (χ2n) is 5.92. The molecule has 2 aromatic carbocycles. The maximum absolute atomic E-state index is 12.6. The number of rotatable bonds is 7. The van der Waals surface area contributed by atoms with Crippen molar-refractivity contribution in [3.8, 4) is 11.4 Å². The molecule has 0 aliphatic carbocycles. The van der Waals surface area contributed by atoms with Crippen LogP contribution in [0.5, 0.6) is 0 Å². The summed E-state index contributed by atoms with van der Waals surface area (Å²) >= 11 is 13.5. The molecule has 8 heteroatoms. The van der Waals surface area contributed by atoms with Crippen LogP contribution >= 0.6 is 35.0 Å². The van der Waals surface area contributed by atoms with Crippen LogP contribution in [0.2, 0.25) is 10.0 Å². The lowest BCUT2D eigenvalue weighted by Crippen LogP contribution is -2.23. The number of hydrogen-bond donors (Lipinski definition) is 1. The molecule has 1 unspecified atom stereocenters. The molecule has 1 N–H and O–H groups in total. The molecule has 0 saturated heterocycles. The van der Waals surface area contributed by atoms with E-state index in [-0.39, 0.29) is 5.91 Å². The van der Waals surface area contributed by atoms with Gasteiger partial charge in [0.2, 0.25) is 5.91 Å². The predicted octanol–water partition coefficient (Wildman–Crippen LogP) is 5.56. The average molecular weight is 433 g/mol. The van der Waals surface area contributed by atoms with E-state index in [1.165, 1.54) is 11.8 Å². The van der Waals surface area contributed by atoms with Gasteiger partial charge in [0.05, 0.1) is 21.0 Å². The number of carbonyl (C=O) groups is 1. The molecule has 1 atom stereocenters. The average Bonchev–Trinajstić information content (AvgIpc) is 3.08. The highest BCUT2D eigenvalue weighted by Crippen LogP contribution is 2.31. The summed E-state index contributed by atoms with van der Waals surface area (Å²) in [5, 5.41) is 12.3. The zero-order valence-electron chi connectivity index (χ0n) is 15.1. The van der Waals surface area contributed by atoms with Crippen molar-refractivity contribution in [2.45, 2.75) is 23.9 Å². The van der Waals surface area contributed by atoms with E-state index in [0.717, 1.165) is 11.4 Å². The molecule has 28 heavy (non-hydrogen) atoms. The fraction of sp³-hybridized carbons (Fsp3) is 0.150. The Morgan fingerprint density at radius 1 is 1.21 bits per heavy atom. The summed E-state index contributed by atoms with van der Waals surface area (Å²) < 4.78 is 1.93. The zero-order valence-corrected chi connectivity index (χ0v) is 17.4. The van der Waals surface area contributed by atoms with Crippen LogP contribution < -0.4 is 5.32 Å². The SMILES string of the molecule is C=CCn1c(SC(C)C(=O)Nc2cccc(Cl)c2Cl)nnc1-c1ccccc1. The maximum atomic E-state index is 12.6. The summed E-state index contributed by atoms with van der Waals surface area (Å²) in [6, 6.07) is 14.9. The quantitative estimate of drug-likeness (QED) is 0.392. The summed E-state index contributed by atoms with van der Waals surface area (Å²) in [4.78, 5) is 12.6. The molecule has 1 aromatic heterocycles. The van der Waals surface area contributed by atoms with Crippen LogP contribution in [-0.4, -0.2) is 25.9 Å². The number of anilines is 1. The lowest BCUT2D eigenvalue weighted by atomic mass is 10.2. The number of carbonyl (C=O) groups excluding carboxylic acids is 1. The van der Waals surface area contributed by atoms with E-state index in [1.807, 2.05) is 34.9 Å². The first-order chi connectivity index (χ1) is 13.5. The third kappa shape index (κ3) is 4.58. The number of halogens is 2. The Balaban J connectivity index is 1.79. The first-order valence-electron chi connectivity index (χ1n) is 8.52. The first-order valence-corrected chi connectivity index (χ1v) is 10.2. The number of hydrogen-bond acceptors (Lipinski definition) is 4. The number of aromatic nitrogens is 3. The smallest absolute Gasteiger partial charge is 0.237 e. The predicted molar refractivity (Wildman–Crippen MR) is 116 cm³/mol. The minimum Gasteiger partial charge on any atom is -0.324 e. The van der Waals surface area contributed by atoms with Crippen LogP contribution in [-0.2, 0) is 11.3 Å². The minimum atomic E-state index is -0.425. The van der Waals surface area contributed by atoms with Crippen LogP contribution in [0.1, 0.15) is 6.92 Å². The van der Waals surface area contributed by atoms with Gasteiger partial charge < -0.3 is 5.32 Å². The molecule has 0 radical (unpaired) electrons. The summed E-state index contributed by atoms with van der Waals surface area (Å²) in [5.41, 5.74) is 1.43. The lowest BCUT2D eigenvalue weighted by Gasteiger charge is -2.14. The van der Waals surface area contributed by atoms with Gasteiger partial charge in [-0.25, -0.2) is 0 Å². The Bertz CT molecular complexity index is 991. The van der Waals surface area contributed by atoms with Crippen LogP contribution in [0.15, 0.2) is 66.3 Å². The highest BCUT2D eigenvalue weighted by Gasteiger charge is 2.21. The molecule has 3 aromatic rings. The molecule has 0 aliphatic rings. The van der Waals surface area contributed by atoms with Gasteiger partial charge in [-0.15, -0.1) is 16.8 Å². The van der Waals surface area contributed by atoms with Gasteiger partial charge in [-0.05, 0) is 19.1 Å². The van der Waals surface area contributed by atoms with Crippen molar-refractivity contribution in [3.05, 3.63) is 71.2 Å². The molecular weight excluding hydrogens is 415 g/mol. The number of allylic oxidation sites excluding steroid dienone is 1. The van der Waals surface area contributed by atoms with E-state index in [0.29, 0.717) is 27.4 Å². The molecule has 0 spiro atoms. The molecule has 3 rings (SSSR count). The van der Waals surface area contributed by atoms with E-state index in [2.05, 4.69) is 22.1 Å². The fourth-order valence-corrected chi connectivity index (χ4v) is 3.72. The molecule has 144 valence electrons. The molecular formula is C20H18Cl2N4OS. The Hall–Kier alpha value is -2.28. The summed E-state index contributed by atoms with van der Waals surface area (Å²) in [6.45, 7) is 6.14. The molecule has 0 fully saturated rings. The van der Waals surface area contributed by atoms with E-state index in [4.69, 9.17) is 23.2 Å². The van der Waals surface area contributed by atoms with Crippen molar-refractivity contribution in [3.63, 3.8) is 0 Å². The number of benzene rings is 2. The number of thioether (sulfide) groups is 1. The van der Waals surface area contributed by atoms with Crippen molar-refractivity contribution in [1.82, 2.24) is 14.8 Å². The van der Waals surface area contributed by atoms with Gasteiger partial charge in [0, 0.05) is 12.1 Å². The summed E-state index contributed by atoms with van der Waals surface area (Å²) in [5.74, 6) is 0.525. The Morgan fingerprint density at radius 2 is 1.96 bits per heavy atom. The Morgan fingerprint density at radius 3 is 2.68 bits per heavy atom. The fourth-order valence-electron chi connectivity index (χ4n) is 2.52. The first kappa shape index (κ1) is 20.5. The third-order valence-electron chi connectivity index (χ3n) is 3.92. The van der Waals surface area contributed by atoms with Crippen molar-refractivity contribution < 1.29 is 4.79 Å². The molecule has 1 heterocycles. The topological polar surface area (TPSA) is 59.8 Å². The molecule has 5 nitrogen and oxygen atoms in total. The Kier molecular flexibility index (Phi) is 6.78. The standard InChI is InChI=1S/C20H18Cl2N4OS/c1-3-12-26-18(14-8-5-4-6-9-14)24-25-20(26)28-13(2)19(27)23-16-11-7-10-15(21)17(16)22/h3-11,13H,1,12H2,2H3,(H,23,27). The van der Waals surface area contributed by atoms with E-state index in [9.17, 15) is 4.79 Å². The lowest BCUT2D eigenvalue weighted by molar-refractivity contribution is -0.115. The van der Waals surface area contributed by atoms with Crippen molar-refractivity contribution in [1.29, 1.82) is 0 Å². The number of nitrogens with one attached hydrogen (secondary N) is 1. The van der Waals surface area contributed by atoms with Crippen molar-refractivity contribution >= 4 is 46.6 Å². The summed E-state index contributed by atoms with van der Waals surface area (Å²) in [7, 11) is 0. The van der Waals surface area contributed by atoms with Gasteiger partial charge in [-0.3, -0.25) is 9.36 Å². The monoisotopic (exact) mass is 432 g/mol. The van der Waals surface area contributed by atoms with Crippen molar-refractivity contribution in [2.24, 2.45) is 0 Å². The highest BCUT2D eigenvalue weighted by molar-refractivity contribution is 8.00. The van der Waals surface area contributed by atoms with Gasteiger partial charge in [0.1, 0.15) is 0 Å². The molecule has 0 aliphatic heterocycles. The van der Waals surface area contributed by atoms with Gasteiger partial charge in [0.25, 0.3) is 0 Å².